The number of hydrogen-bond donors (Lipinski definition) is 1. The van der Waals surface area contributed by atoms with Gasteiger partial charge in [-0.2, -0.15) is 10.2 Å². The molecule has 3 atom stereocenters. The molecule has 0 aromatic rings. The smallest absolute Gasteiger partial charge is 0.0712 e. The molecule has 1 N–H and O–H groups in total. The van der Waals surface area contributed by atoms with Gasteiger partial charge in [0.15, 0.2) is 0 Å². The maximum atomic E-state index is 9.71. The van der Waals surface area contributed by atoms with E-state index < -0.39 is 0 Å². The summed E-state index contributed by atoms with van der Waals surface area (Å²) in [5, 5.41) is 18.8. The van der Waals surface area contributed by atoms with Crippen LogP contribution in [0.15, 0.2) is 10.2 Å². The minimum atomic E-state index is -0.131. The highest BCUT2D eigenvalue weighted by Crippen LogP contribution is 2.28. The predicted octanol–water partition coefficient (Wildman–Crippen LogP) is 3.34. The highest BCUT2D eigenvalue weighted by atomic mass is 16.5. The van der Waals surface area contributed by atoms with Crippen LogP contribution in [0, 0.1) is 5.92 Å². The number of hydrogen-bond acceptors (Lipinski definition) is 4. The first-order chi connectivity index (χ1) is 9.19. The Hall–Kier alpha value is -0.480. The fraction of sp³-hybridized carbons (Fsp3) is 1.00. The molecule has 0 aliphatic heterocycles. The number of azo groups is 1. The fourth-order valence-corrected chi connectivity index (χ4v) is 3.21. The Morgan fingerprint density at radius 1 is 1.00 bits per heavy atom. The molecule has 2 rings (SSSR count). The molecule has 0 heterocycles. The molecule has 4 heteroatoms. The van der Waals surface area contributed by atoms with Crippen molar-refractivity contribution in [3.63, 3.8) is 0 Å². The molecule has 2 aliphatic carbocycles. The maximum Gasteiger partial charge on any atom is 0.0712 e. The Labute approximate surface area is 116 Å². The second-order valence-electron chi connectivity index (χ2n) is 6.13. The Morgan fingerprint density at radius 2 is 1.63 bits per heavy atom. The van der Waals surface area contributed by atoms with E-state index in [1.165, 1.54) is 0 Å². The molecule has 2 aliphatic rings. The summed E-state index contributed by atoms with van der Waals surface area (Å²) in [6, 6.07) is 0.738. The molecular formula is C15H28N2O2. The first kappa shape index (κ1) is 14.9. The largest absolute Gasteiger partial charge is 0.393 e. The summed E-state index contributed by atoms with van der Waals surface area (Å²) in [5.41, 5.74) is 0. The van der Waals surface area contributed by atoms with Crippen LogP contribution in [0.4, 0.5) is 0 Å². The monoisotopic (exact) mass is 268 g/mol. The van der Waals surface area contributed by atoms with Crippen molar-refractivity contribution >= 4 is 0 Å². The minimum Gasteiger partial charge on any atom is -0.393 e. The van der Waals surface area contributed by atoms with Crippen LogP contribution in [0.2, 0.25) is 0 Å². The molecule has 0 bridgehead atoms. The van der Waals surface area contributed by atoms with E-state index in [0.29, 0.717) is 24.1 Å². The zero-order valence-corrected chi connectivity index (χ0v) is 12.3. The first-order valence-corrected chi connectivity index (χ1v) is 7.88. The van der Waals surface area contributed by atoms with E-state index >= 15 is 0 Å². The second kappa shape index (κ2) is 7.34. The lowest BCUT2D eigenvalue weighted by Gasteiger charge is -2.29. The summed E-state index contributed by atoms with van der Waals surface area (Å²) in [7, 11) is 0. The SMILES string of the molecule is CCOC1CCC(N=NC2CCC(O)C(C)C2)CC1. The summed E-state index contributed by atoms with van der Waals surface area (Å²) in [6.45, 7) is 4.99. The molecule has 3 unspecified atom stereocenters. The van der Waals surface area contributed by atoms with Crippen molar-refractivity contribution in [3.8, 4) is 0 Å². The fourth-order valence-electron chi connectivity index (χ4n) is 3.21. The van der Waals surface area contributed by atoms with Gasteiger partial charge in [0.05, 0.1) is 24.3 Å². The quantitative estimate of drug-likeness (QED) is 0.795. The Bertz CT molecular complexity index is 288. The molecule has 0 saturated heterocycles. The van der Waals surface area contributed by atoms with Crippen LogP contribution in [0.3, 0.4) is 0 Å². The zero-order valence-electron chi connectivity index (χ0n) is 12.3. The van der Waals surface area contributed by atoms with Crippen LogP contribution in [-0.4, -0.2) is 36.0 Å². The average Bonchev–Trinajstić information content (AvgIpc) is 2.42. The van der Waals surface area contributed by atoms with Crippen LogP contribution in [0.5, 0.6) is 0 Å². The summed E-state index contributed by atoms with van der Waals surface area (Å²) in [5.74, 6) is 0.367. The molecule has 4 nitrogen and oxygen atoms in total. The summed E-state index contributed by atoms with van der Waals surface area (Å²) >= 11 is 0. The summed E-state index contributed by atoms with van der Waals surface area (Å²) < 4.78 is 5.65. The standard InChI is InChI=1S/C15H28N2O2/c1-3-19-14-7-4-12(5-8-14)16-17-13-6-9-15(18)11(2)10-13/h11-15,18H,3-10H2,1-2H3. The number of rotatable bonds is 4. The molecule has 0 aromatic heterocycles. The Morgan fingerprint density at radius 3 is 2.26 bits per heavy atom. The van der Waals surface area contributed by atoms with E-state index in [1.54, 1.807) is 0 Å². The lowest BCUT2D eigenvalue weighted by atomic mass is 9.85. The Balaban J connectivity index is 1.71. The minimum absolute atomic E-state index is 0.131. The maximum absolute atomic E-state index is 9.71. The number of aliphatic hydroxyl groups excluding tert-OH is 1. The molecule has 0 aromatic carbocycles. The molecule has 2 saturated carbocycles. The predicted molar refractivity (Wildman–Crippen MR) is 75.3 cm³/mol. The van der Waals surface area contributed by atoms with E-state index in [9.17, 15) is 5.11 Å². The van der Waals surface area contributed by atoms with Gasteiger partial charge in [0.1, 0.15) is 0 Å². The van der Waals surface area contributed by atoms with E-state index in [1.807, 2.05) is 0 Å². The molecule has 0 radical (unpaired) electrons. The van der Waals surface area contributed by atoms with Gasteiger partial charge in [0.25, 0.3) is 0 Å². The van der Waals surface area contributed by atoms with Crippen molar-refractivity contribution < 1.29 is 9.84 Å². The van der Waals surface area contributed by atoms with Crippen LogP contribution in [0.1, 0.15) is 58.8 Å². The van der Waals surface area contributed by atoms with Gasteiger partial charge in [-0.25, -0.2) is 0 Å². The summed E-state index contributed by atoms with van der Waals surface area (Å²) in [6.07, 6.45) is 7.63. The van der Waals surface area contributed by atoms with Gasteiger partial charge in [-0.15, -0.1) is 0 Å². The van der Waals surface area contributed by atoms with Crippen molar-refractivity contribution in [1.29, 1.82) is 0 Å². The lowest BCUT2D eigenvalue weighted by molar-refractivity contribution is 0.0326. The topological polar surface area (TPSA) is 54.2 Å². The second-order valence-corrected chi connectivity index (χ2v) is 6.13. The molecular weight excluding hydrogens is 240 g/mol. The number of ether oxygens (including phenoxy) is 1. The van der Waals surface area contributed by atoms with Crippen LogP contribution < -0.4 is 0 Å². The van der Waals surface area contributed by atoms with Crippen molar-refractivity contribution in [3.05, 3.63) is 0 Å². The number of nitrogens with zero attached hydrogens (tertiary/aromatic N) is 2. The van der Waals surface area contributed by atoms with E-state index in [0.717, 1.165) is 51.6 Å². The Kier molecular flexibility index (Phi) is 5.76. The van der Waals surface area contributed by atoms with Gasteiger partial charge in [0.2, 0.25) is 0 Å². The van der Waals surface area contributed by atoms with Gasteiger partial charge in [-0.05, 0) is 57.8 Å². The molecule has 19 heavy (non-hydrogen) atoms. The van der Waals surface area contributed by atoms with Gasteiger partial charge in [0, 0.05) is 6.61 Å². The van der Waals surface area contributed by atoms with Gasteiger partial charge < -0.3 is 9.84 Å². The van der Waals surface area contributed by atoms with Crippen LogP contribution >= 0.6 is 0 Å². The van der Waals surface area contributed by atoms with E-state index in [-0.39, 0.29) is 6.10 Å². The van der Waals surface area contributed by atoms with Crippen LogP contribution in [0.25, 0.3) is 0 Å². The third kappa shape index (κ3) is 4.53. The van der Waals surface area contributed by atoms with E-state index in [2.05, 4.69) is 24.1 Å². The molecule has 2 fully saturated rings. The number of aliphatic hydroxyl groups is 1. The van der Waals surface area contributed by atoms with Crippen molar-refractivity contribution in [2.24, 2.45) is 16.1 Å². The van der Waals surface area contributed by atoms with Crippen molar-refractivity contribution in [1.82, 2.24) is 0 Å². The zero-order chi connectivity index (χ0) is 13.7. The van der Waals surface area contributed by atoms with E-state index in [4.69, 9.17) is 4.74 Å². The van der Waals surface area contributed by atoms with Crippen LogP contribution in [-0.2, 0) is 4.74 Å². The third-order valence-corrected chi connectivity index (χ3v) is 4.54. The van der Waals surface area contributed by atoms with Crippen molar-refractivity contribution in [2.75, 3.05) is 6.61 Å². The molecule has 110 valence electrons. The summed E-state index contributed by atoms with van der Waals surface area (Å²) in [4.78, 5) is 0. The van der Waals surface area contributed by atoms with Gasteiger partial charge in [-0.1, -0.05) is 6.92 Å². The normalized spacial score (nSPS) is 40.7. The van der Waals surface area contributed by atoms with Crippen molar-refractivity contribution in [2.45, 2.75) is 83.1 Å². The first-order valence-electron chi connectivity index (χ1n) is 7.88. The van der Waals surface area contributed by atoms with Gasteiger partial charge in [-0.3, -0.25) is 0 Å². The average molecular weight is 268 g/mol. The molecule has 0 spiro atoms. The molecule has 0 amide bonds. The third-order valence-electron chi connectivity index (χ3n) is 4.54. The highest BCUT2D eigenvalue weighted by Gasteiger charge is 2.26. The highest BCUT2D eigenvalue weighted by molar-refractivity contribution is 4.82. The lowest BCUT2D eigenvalue weighted by Crippen LogP contribution is -2.29. The van der Waals surface area contributed by atoms with Gasteiger partial charge >= 0.3 is 0 Å².